The summed E-state index contributed by atoms with van der Waals surface area (Å²) in [7, 11) is 3.57. The highest BCUT2D eigenvalue weighted by molar-refractivity contribution is 5.68. The summed E-state index contributed by atoms with van der Waals surface area (Å²) in [6.07, 6.45) is -3.01. The van der Waals surface area contributed by atoms with E-state index in [1.807, 2.05) is 39.1 Å². The van der Waals surface area contributed by atoms with Gasteiger partial charge in [0.1, 0.15) is 5.75 Å². The van der Waals surface area contributed by atoms with Crippen LogP contribution in [0, 0.1) is 6.92 Å². The van der Waals surface area contributed by atoms with Crippen molar-refractivity contribution in [3.8, 4) is 17.0 Å². The molecule has 0 aliphatic carbocycles. The molecule has 0 radical (unpaired) electrons. The van der Waals surface area contributed by atoms with Gasteiger partial charge in [-0.3, -0.25) is 4.98 Å². The Morgan fingerprint density at radius 2 is 1.89 bits per heavy atom. The van der Waals surface area contributed by atoms with Crippen LogP contribution in [0.3, 0.4) is 0 Å². The van der Waals surface area contributed by atoms with Crippen LogP contribution in [0.2, 0.25) is 0 Å². The smallest absolute Gasteiger partial charge is 0.416 e. The zero-order valence-corrected chi connectivity index (χ0v) is 21.3. The molecule has 3 aromatic rings. The van der Waals surface area contributed by atoms with Crippen LogP contribution in [0.15, 0.2) is 54.6 Å². The van der Waals surface area contributed by atoms with Gasteiger partial charge in [0.25, 0.3) is 0 Å². The third-order valence-corrected chi connectivity index (χ3v) is 6.24. The molecule has 1 N–H and O–H groups in total. The summed E-state index contributed by atoms with van der Waals surface area (Å²) in [5, 5.41) is 8.98. The van der Waals surface area contributed by atoms with Gasteiger partial charge >= 0.3 is 12.1 Å². The van der Waals surface area contributed by atoms with E-state index in [0.29, 0.717) is 30.0 Å². The van der Waals surface area contributed by atoms with Gasteiger partial charge in [-0.25, -0.2) is 4.79 Å². The molecule has 0 aliphatic rings. The Kier molecular flexibility index (Phi) is 9.15. The molecule has 2 aromatic carbocycles. The number of benzene rings is 2. The fraction of sp³-hybridized carbons (Fsp3) is 0.357. The lowest BCUT2D eigenvalue weighted by Crippen LogP contribution is -2.23. The van der Waals surface area contributed by atoms with E-state index in [9.17, 15) is 18.0 Å². The molecule has 1 heterocycles. The zero-order chi connectivity index (χ0) is 27.2. The monoisotopic (exact) mass is 516 g/mol. The van der Waals surface area contributed by atoms with Crippen LogP contribution in [0.5, 0.6) is 5.75 Å². The molecule has 1 atom stereocenters. The number of rotatable bonds is 11. The molecule has 0 saturated carbocycles. The number of carbonyl (C=O) groups is 1. The molecule has 3 rings (SSSR count). The summed E-state index contributed by atoms with van der Waals surface area (Å²) in [4.78, 5) is 17.6. The van der Waals surface area contributed by atoms with Crippen LogP contribution in [0.1, 0.15) is 41.8 Å². The molecule has 6 nitrogen and oxygen atoms in total. The molecule has 0 fully saturated rings. The van der Waals surface area contributed by atoms with Gasteiger partial charge in [0.2, 0.25) is 0 Å². The molecule has 1 aromatic heterocycles. The summed E-state index contributed by atoms with van der Waals surface area (Å²) in [5.41, 5.74) is 3.61. The number of carboxylic acids is 1. The number of ether oxygens (including phenoxy) is 2. The van der Waals surface area contributed by atoms with E-state index in [0.717, 1.165) is 41.1 Å². The summed E-state index contributed by atoms with van der Waals surface area (Å²) in [6.45, 7) is 4.01. The van der Waals surface area contributed by atoms with Crippen LogP contribution < -0.4 is 9.64 Å². The average molecular weight is 517 g/mol. The lowest BCUT2D eigenvalue weighted by Gasteiger charge is -2.29. The number of hydrogen-bond acceptors (Lipinski definition) is 5. The Labute approximate surface area is 214 Å². The molecule has 0 amide bonds. The highest BCUT2D eigenvalue weighted by atomic mass is 19.4. The molecule has 9 heteroatoms. The topological polar surface area (TPSA) is 71.9 Å². The van der Waals surface area contributed by atoms with Crippen LogP contribution >= 0.6 is 0 Å². The minimum absolute atomic E-state index is 0.0966. The first-order valence-electron chi connectivity index (χ1n) is 11.9. The molecule has 0 bridgehead atoms. The highest BCUT2D eigenvalue weighted by Crippen LogP contribution is 2.34. The fourth-order valence-corrected chi connectivity index (χ4v) is 4.13. The van der Waals surface area contributed by atoms with Crippen molar-refractivity contribution in [3.63, 3.8) is 0 Å². The van der Waals surface area contributed by atoms with E-state index >= 15 is 0 Å². The van der Waals surface area contributed by atoms with E-state index in [2.05, 4.69) is 9.88 Å². The van der Waals surface area contributed by atoms with Gasteiger partial charge in [-0.1, -0.05) is 18.2 Å². The number of aryl methyl sites for hydroxylation is 2. The van der Waals surface area contributed by atoms with Crippen molar-refractivity contribution in [1.29, 1.82) is 0 Å². The standard InChI is InChI=1S/C28H31F3N2O4/c1-18-24(11-12-25(32-18)20-7-5-9-22(15-20)28(29,30)31)19(2)33(3)23-10-13-26(37-17-27(34)35)21(16-23)8-6-14-36-4/h5,7,9-13,15-16,19H,6,8,14,17H2,1-4H3,(H,34,35). The van der Waals surface area contributed by atoms with Gasteiger partial charge in [0.05, 0.1) is 17.3 Å². The van der Waals surface area contributed by atoms with Crippen LogP contribution in [-0.4, -0.2) is 43.4 Å². The van der Waals surface area contributed by atoms with Gasteiger partial charge in [-0.05, 0) is 74.2 Å². The maximum Gasteiger partial charge on any atom is 0.416 e. The van der Waals surface area contributed by atoms with Crippen molar-refractivity contribution < 1.29 is 32.5 Å². The Balaban J connectivity index is 1.85. The van der Waals surface area contributed by atoms with E-state index in [1.54, 1.807) is 25.3 Å². The van der Waals surface area contributed by atoms with Crippen molar-refractivity contribution in [3.05, 3.63) is 77.0 Å². The minimum atomic E-state index is -4.42. The van der Waals surface area contributed by atoms with Crippen molar-refractivity contribution in [2.24, 2.45) is 0 Å². The van der Waals surface area contributed by atoms with Crippen LogP contribution in [-0.2, 0) is 22.1 Å². The molecule has 0 spiro atoms. The quantitative estimate of drug-likeness (QED) is 0.301. The Hall–Kier alpha value is -3.59. The molecule has 0 aliphatic heterocycles. The molecular weight excluding hydrogens is 485 g/mol. The second-order valence-corrected chi connectivity index (χ2v) is 8.81. The Morgan fingerprint density at radius 3 is 2.54 bits per heavy atom. The second-order valence-electron chi connectivity index (χ2n) is 8.81. The maximum atomic E-state index is 13.1. The van der Waals surface area contributed by atoms with Crippen molar-refractivity contribution in [1.82, 2.24) is 4.98 Å². The van der Waals surface area contributed by atoms with Crippen molar-refractivity contribution >= 4 is 11.7 Å². The predicted molar refractivity (Wildman–Crippen MR) is 136 cm³/mol. The number of pyridine rings is 1. The summed E-state index contributed by atoms with van der Waals surface area (Å²) in [5.74, 6) is -0.527. The molecule has 37 heavy (non-hydrogen) atoms. The first kappa shape index (κ1) is 28.0. The third-order valence-electron chi connectivity index (χ3n) is 6.24. The SMILES string of the molecule is COCCCc1cc(N(C)C(C)c2ccc(-c3cccc(C(F)(F)F)c3)nc2C)ccc1OCC(=O)O. The van der Waals surface area contributed by atoms with Crippen LogP contribution in [0.4, 0.5) is 18.9 Å². The van der Waals surface area contributed by atoms with Gasteiger partial charge < -0.3 is 19.5 Å². The molecule has 198 valence electrons. The van der Waals surface area contributed by atoms with Gasteiger partial charge in [0.15, 0.2) is 6.61 Å². The number of halogens is 3. The number of anilines is 1. The molecular formula is C28H31F3N2O4. The normalized spacial score (nSPS) is 12.3. The van der Waals surface area contributed by atoms with E-state index in [-0.39, 0.29) is 6.04 Å². The van der Waals surface area contributed by atoms with Crippen molar-refractivity contribution in [2.75, 3.05) is 32.3 Å². The van der Waals surface area contributed by atoms with Gasteiger partial charge in [-0.15, -0.1) is 0 Å². The number of hydrogen-bond donors (Lipinski definition) is 1. The molecule has 0 saturated heterocycles. The average Bonchev–Trinajstić information content (AvgIpc) is 2.86. The lowest BCUT2D eigenvalue weighted by atomic mass is 10.0. The lowest BCUT2D eigenvalue weighted by molar-refractivity contribution is -0.139. The van der Waals surface area contributed by atoms with E-state index in [1.165, 1.54) is 6.07 Å². The highest BCUT2D eigenvalue weighted by Gasteiger charge is 2.30. The largest absolute Gasteiger partial charge is 0.482 e. The minimum Gasteiger partial charge on any atom is -0.482 e. The predicted octanol–water partition coefficient (Wildman–Crippen LogP) is 6.32. The summed E-state index contributed by atoms with van der Waals surface area (Å²) in [6, 6.07) is 14.3. The zero-order valence-electron chi connectivity index (χ0n) is 21.3. The van der Waals surface area contributed by atoms with E-state index in [4.69, 9.17) is 14.6 Å². The fourth-order valence-electron chi connectivity index (χ4n) is 4.13. The first-order chi connectivity index (χ1) is 17.5. The summed E-state index contributed by atoms with van der Waals surface area (Å²) >= 11 is 0. The number of carboxylic acid groups (broad SMARTS) is 1. The third kappa shape index (κ3) is 7.22. The number of aromatic nitrogens is 1. The maximum absolute atomic E-state index is 13.1. The second kappa shape index (κ2) is 12.1. The Bertz CT molecular complexity index is 1230. The number of alkyl halides is 3. The van der Waals surface area contributed by atoms with Gasteiger partial charge in [-0.2, -0.15) is 13.2 Å². The first-order valence-corrected chi connectivity index (χ1v) is 11.9. The molecule has 1 unspecified atom stereocenters. The van der Waals surface area contributed by atoms with Crippen molar-refractivity contribution in [2.45, 2.75) is 38.9 Å². The van der Waals surface area contributed by atoms with Crippen LogP contribution in [0.25, 0.3) is 11.3 Å². The number of methoxy groups -OCH3 is 1. The number of nitrogens with zero attached hydrogens (tertiary/aromatic N) is 2. The van der Waals surface area contributed by atoms with E-state index < -0.39 is 24.3 Å². The summed E-state index contributed by atoms with van der Waals surface area (Å²) < 4.78 is 50.0. The number of aliphatic carboxylic acids is 1. The van der Waals surface area contributed by atoms with Gasteiger partial charge in [0, 0.05) is 37.7 Å². The Morgan fingerprint density at radius 1 is 1.14 bits per heavy atom.